The highest BCUT2D eigenvalue weighted by Gasteiger charge is 2.12. The van der Waals surface area contributed by atoms with Crippen LogP contribution in [0.4, 0.5) is 4.39 Å². The van der Waals surface area contributed by atoms with Gasteiger partial charge in [0.1, 0.15) is 5.82 Å². The fourth-order valence-corrected chi connectivity index (χ4v) is 2.33. The van der Waals surface area contributed by atoms with Gasteiger partial charge in [0.05, 0.1) is 6.20 Å². The van der Waals surface area contributed by atoms with E-state index in [1.165, 1.54) is 0 Å². The number of rotatable bonds is 6. The topological polar surface area (TPSA) is 29.9 Å². The van der Waals surface area contributed by atoms with Crippen molar-refractivity contribution in [1.82, 2.24) is 15.1 Å². The van der Waals surface area contributed by atoms with E-state index >= 15 is 0 Å². The smallest absolute Gasteiger partial charge is 0.131 e. The van der Waals surface area contributed by atoms with E-state index in [0.717, 1.165) is 42.9 Å². The third-order valence-corrected chi connectivity index (χ3v) is 3.48. The SMILES string of the molecule is CCCNCc1ccc(F)c(-c2cnn(CC)c2C)c1. The molecule has 0 aliphatic carbocycles. The molecule has 20 heavy (non-hydrogen) atoms. The summed E-state index contributed by atoms with van der Waals surface area (Å²) in [6, 6.07) is 5.30. The molecule has 1 N–H and O–H groups in total. The summed E-state index contributed by atoms with van der Waals surface area (Å²) in [6.45, 7) is 8.68. The molecule has 0 spiro atoms. The zero-order valence-corrected chi connectivity index (χ0v) is 12.4. The summed E-state index contributed by atoms with van der Waals surface area (Å²) in [5.41, 5.74) is 3.61. The third kappa shape index (κ3) is 3.07. The first kappa shape index (κ1) is 14.7. The van der Waals surface area contributed by atoms with Crippen molar-refractivity contribution in [3.63, 3.8) is 0 Å². The van der Waals surface area contributed by atoms with Crippen molar-refractivity contribution in [1.29, 1.82) is 0 Å². The average molecular weight is 275 g/mol. The second kappa shape index (κ2) is 6.66. The Morgan fingerprint density at radius 3 is 2.70 bits per heavy atom. The number of aryl methyl sites for hydroxylation is 1. The average Bonchev–Trinajstić information content (AvgIpc) is 2.82. The number of nitrogens with zero attached hydrogens (tertiary/aromatic N) is 2. The van der Waals surface area contributed by atoms with Gasteiger partial charge in [0.25, 0.3) is 0 Å². The van der Waals surface area contributed by atoms with Crippen LogP contribution in [0.15, 0.2) is 24.4 Å². The fourth-order valence-electron chi connectivity index (χ4n) is 2.33. The molecule has 0 bridgehead atoms. The summed E-state index contributed by atoms with van der Waals surface area (Å²) < 4.78 is 16.0. The first-order valence-electron chi connectivity index (χ1n) is 7.19. The van der Waals surface area contributed by atoms with Gasteiger partial charge < -0.3 is 5.32 Å². The maximum absolute atomic E-state index is 14.1. The third-order valence-electron chi connectivity index (χ3n) is 3.48. The molecular weight excluding hydrogens is 253 g/mol. The predicted octanol–water partition coefficient (Wildman–Crippen LogP) is 3.52. The van der Waals surface area contributed by atoms with Gasteiger partial charge in [0, 0.05) is 29.9 Å². The molecule has 2 rings (SSSR count). The van der Waals surface area contributed by atoms with Crippen molar-refractivity contribution in [2.75, 3.05) is 6.54 Å². The van der Waals surface area contributed by atoms with Crippen LogP contribution in [0.25, 0.3) is 11.1 Å². The zero-order chi connectivity index (χ0) is 14.5. The first-order chi connectivity index (χ1) is 9.67. The summed E-state index contributed by atoms with van der Waals surface area (Å²) in [6.07, 6.45) is 2.84. The number of aromatic nitrogens is 2. The van der Waals surface area contributed by atoms with Gasteiger partial charge in [-0.25, -0.2) is 4.39 Å². The molecule has 0 aliphatic rings. The van der Waals surface area contributed by atoms with Crippen molar-refractivity contribution in [2.24, 2.45) is 0 Å². The van der Waals surface area contributed by atoms with E-state index in [1.807, 2.05) is 30.7 Å². The molecule has 0 fully saturated rings. The minimum absolute atomic E-state index is 0.192. The summed E-state index contributed by atoms with van der Waals surface area (Å²) >= 11 is 0. The lowest BCUT2D eigenvalue weighted by Gasteiger charge is -2.08. The quantitative estimate of drug-likeness (QED) is 0.817. The summed E-state index contributed by atoms with van der Waals surface area (Å²) in [5.74, 6) is -0.192. The number of hydrogen-bond donors (Lipinski definition) is 1. The van der Waals surface area contributed by atoms with Crippen LogP contribution >= 0.6 is 0 Å². The van der Waals surface area contributed by atoms with E-state index in [-0.39, 0.29) is 5.82 Å². The largest absolute Gasteiger partial charge is 0.313 e. The molecule has 4 heteroatoms. The number of benzene rings is 1. The lowest BCUT2D eigenvalue weighted by Crippen LogP contribution is -2.13. The molecule has 3 nitrogen and oxygen atoms in total. The molecule has 0 amide bonds. The molecule has 108 valence electrons. The maximum atomic E-state index is 14.1. The predicted molar refractivity (Wildman–Crippen MR) is 80.0 cm³/mol. The van der Waals surface area contributed by atoms with Crippen molar-refractivity contribution in [3.05, 3.63) is 41.5 Å². The Bertz CT molecular complexity index is 575. The molecule has 0 radical (unpaired) electrons. The molecule has 1 aromatic heterocycles. The van der Waals surface area contributed by atoms with Crippen LogP contribution in [0.3, 0.4) is 0 Å². The fraction of sp³-hybridized carbons (Fsp3) is 0.438. The van der Waals surface area contributed by atoms with Gasteiger partial charge in [-0.05, 0) is 44.5 Å². The molecule has 1 heterocycles. The van der Waals surface area contributed by atoms with Crippen LogP contribution in [-0.4, -0.2) is 16.3 Å². The number of nitrogens with one attached hydrogen (secondary N) is 1. The van der Waals surface area contributed by atoms with E-state index in [2.05, 4.69) is 17.3 Å². The summed E-state index contributed by atoms with van der Waals surface area (Å²) in [5, 5.41) is 7.63. The second-order valence-electron chi connectivity index (χ2n) is 4.95. The normalized spacial score (nSPS) is 11.0. The minimum atomic E-state index is -0.192. The first-order valence-corrected chi connectivity index (χ1v) is 7.19. The van der Waals surface area contributed by atoms with Gasteiger partial charge in [-0.15, -0.1) is 0 Å². The Balaban J connectivity index is 2.30. The lowest BCUT2D eigenvalue weighted by molar-refractivity contribution is 0.626. The number of hydrogen-bond acceptors (Lipinski definition) is 2. The highest BCUT2D eigenvalue weighted by Crippen LogP contribution is 2.27. The lowest BCUT2D eigenvalue weighted by atomic mass is 10.0. The Hall–Kier alpha value is -1.68. The van der Waals surface area contributed by atoms with Crippen LogP contribution in [0, 0.1) is 12.7 Å². The summed E-state index contributed by atoms with van der Waals surface area (Å²) in [7, 11) is 0. The molecule has 1 aromatic carbocycles. The molecule has 0 saturated carbocycles. The van der Waals surface area contributed by atoms with Crippen molar-refractivity contribution in [2.45, 2.75) is 40.3 Å². The Kier molecular flexibility index (Phi) is 4.90. The van der Waals surface area contributed by atoms with Gasteiger partial charge in [0.15, 0.2) is 0 Å². The molecule has 2 aromatic rings. The maximum Gasteiger partial charge on any atom is 0.131 e. The monoisotopic (exact) mass is 275 g/mol. The standard InChI is InChI=1S/C16H22FN3/c1-4-8-18-10-13-6-7-16(17)14(9-13)15-11-19-20(5-2)12(15)3/h6-7,9,11,18H,4-5,8,10H2,1-3H3. The van der Waals surface area contributed by atoms with Crippen molar-refractivity contribution < 1.29 is 4.39 Å². The second-order valence-corrected chi connectivity index (χ2v) is 4.95. The van der Waals surface area contributed by atoms with Gasteiger partial charge in [-0.2, -0.15) is 5.10 Å². The van der Waals surface area contributed by atoms with Gasteiger partial charge in [-0.1, -0.05) is 13.0 Å². The van der Waals surface area contributed by atoms with E-state index in [0.29, 0.717) is 5.56 Å². The molecular formula is C16H22FN3. The van der Waals surface area contributed by atoms with Gasteiger partial charge >= 0.3 is 0 Å². The van der Waals surface area contributed by atoms with E-state index < -0.39 is 0 Å². The van der Waals surface area contributed by atoms with Crippen LogP contribution in [-0.2, 0) is 13.1 Å². The Morgan fingerprint density at radius 2 is 2.05 bits per heavy atom. The van der Waals surface area contributed by atoms with Crippen LogP contribution in [0.5, 0.6) is 0 Å². The summed E-state index contributed by atoms with van der Waals surface area (Å²) in [4.78, 5) is 0. The highest BCUT2D eigenvalue weighted by atomic mass is 19.1. The van der Waals surface area contributed by atoms with Crippen LogP contribution < -0.4 is 5.32 Å². The van der Waals surface area contributed by atoms with E-state index in [9.17, 15) is 4.39 Å². The molecule has 0 aliphatic heterocycles. The van der Waals surface area contributed by atoms with E-state index in [1.54, 1.807) is 12.3 Å². The molecule has 0 saturated heterocycles. The zero-order valence-electron chi connectivity index (χ0n) is 12.4. The van der Waals surface area contributed by atoms with Gasteiger partial charge in [-0.3, -0.25) is 4.68 Å². The van der Waals surface area contributed by atoms with E-state index in [4.69, 9.17) is 0 Å². The highest BCUT2D eigenvalue weighted by molar-refractivity contribution is 5.66. The van der Waals surface area contributed by atoms with Gasteiger partial charge in [0.2, 0.25) is 0 Å². The number of halogens is 1. The minimum Gasteiger partial charge on any atom is -0.313 e. The van der Waals surface area contributed by atoms with Crippen LogP contribution in [0.1, 0.15) is 31.5 Å². The Labute approximate surface area is 119 Å². The van der Waals surface area contributed by atoms with Crippen LogP contribution in [0.2, 0.25) is 0 Å². The molecule has 0 unspecified atom stereocenters. The Morgan fingerprint density at radius 1 is 1.25 bits per heavy atom. The van der Waals surface area contributed by atoms with Crippen molar-refractivity contribution in [3.8, 4) is 11.1 Å². The van der Waals surface area contributed by atoms with Crippen molar-refractivity contribution >= 4 is 0 Å². The molecule has 0 atom stereocenters.